The van der Waals surface area contributed by atoms with E-state index in [-0.39, 0.29) is 5.75 Å². The zero-order valence-electron chi connectivity index (χ0n) is 15.2. The van der Waals surface area contributed by atoms with Gasteiger partial charge < -0.3 is 0 Å². The molecule has 0 unspecified atom stereocenters. The minimum absolute atomic E-state index is 0.0917. The lowest BCUT2D eigenvalue weighted by molar-refractivity contribution is 0.307. The molecular formula is C19H38O3S. The third kappa shape index (κ3) is 17.8. The van der Waals surface area contributed by atoms with Gasteiger partial charge in [-0.1, -0.05) is 96.5 Å². The molecule has 0 atom stereocenters. The average Bonchev–Trinajstić information content (AvgIpc) is 2.51. The Hall–Kier alpha value is -0.350. The van der Waals surface area contributed by atoms with E-state index in [1.54, 1.807) is 0 Å². The van der Waals surface area contributed by atoms with Crippen LogP contribution in [-0.4, -0.2) is 20.8 Å². The van der Waals surface area contributed by atoms with E-state index in [4.69, 9.17) is 4.18 Å². The molecule has 0 aliphatic heterocycles. The molecule has 0 aliphatic rings. The van der Waals surface area contributed by atoms with Gasteiger partial charge in [-0.05, 0) is 6.42 Å². The standard InChI is InChI=1S/C19H38O3S/c1-3-5-6-7-8-9-10-11-12-13-14-15-16-17-18-22-23(20,21)19-4-2/h4H,2-3,5-19H2,1H3. The van der Waals surface area contributed by atoms with Crippen LogP contribution in [0.15, 0.2) is 12.7 Å². The summed E-state index contributed by atoms with van der Waals surface area (Å²) in [5, 5.41) is 0. The molecule has 0 heterocycles. The SMILES string of the molecule is C=CCS(=O)(=O)OCCCCCCCCCCCCCCCC. The van der Waals surface area contributed by atoms with Crippen LogP contribution in [0.1, 0.15) is 96.8 Å². The van der Waals surface area contributed by atoms with E-state index in [1.807, 2.05) is 0 Å². The lowest BCUT2D eigenvalue weighted by Gasteiger charge is -2.04. The Morgan fingerprint density at radius 3 is 1.52 bits per heavy atom. The topological polar surface area (TPSA) is 43.4 Å². The second-order valence-electron chi connectivity index (χ2n) is 6.43. The lowest BCUT2D eigenvalue weighted by atomic mass is 10.0. The average molecular weight is 347 g/mol. The van der Waals surface area contributed by atoms with Crippen LogP contribution in [0.25, 0.3) is 0 Å². The summed E-state index contributed by atoms with van der Waals surface area (Å²) < 4.78 is 27.4. The Morgan fingerprint density at radius 2 is 1.13 bits per heavy atom. The third-order valence-corrected chi connectivity index (χ3v) is 5.25. The van der Waals surface area contributed by atoms with Crippen molar-refractivity contribution in [1.29, 1.82) is 0 Å². The highest BCUT2D eigenvalue weighted by Gasteiger charge is 2.07. The maximum atomic E-state index is 11.3. The Kier molecular flexibility index (Phi) is 16.3. The van der Waals surface area contributed by atoms with Gasteiger partial charge in [-0.15, -0.1) is 6.58 Å². The molecule has 0 fully saturated rings. The number of unbranched alkanes of at least 4 members (excludes halogenated alkanes) is 13. The zero-order chi connectivity index (χ0) is 17.2. The van der Waals surface area contributed by atoms with Crippen molar-refractivity contribution in [1.82, 2.24) is 0 Å². The number of rotatable bonds is 18. The second-order valence-corrected chi connectivity index (χ2v) is 8.12. The van der Waals surface area contributed by atoms with Crippen LogP contribution in [0.4, 0.5) is 0 Å². The molecule has 0 radical (unpaired) electrons. The highest BCUT2D eigenvalue weighted by atomic mass is 32.2. The molecular weight excluding hydrogens is 308 g/mol. The molecule has 0 aromatic rings. The van der Waals surface area contributed by atoms with Crippen LogP contribution >= 0.6 is 0 Å². The van der Waals surface area contributed by atoms with Gasteiger partial charge in [0.25, 0.3) is 10.1 Å². The van der Waals surface area contributed by atoms with Crippen molar-refractivity contribution in [2.24, 2.45) is 0 Å². The van der Waals surface area contributed by atoms with Crippen LogP contribution in [0.5, 0.6) is 0 Å². The molecule has 0 amide bonds. The Labute approximate surface area is 145 Å². The predicted molar refractivity (Wildman–Crippen MR) is 100 cm³/mol. The number of hydrogen-bond acceptors (Lipinski definition) is 3. The molecule has 0 aromatic heterocycles. The molecule has 0 N–H and O–H groups in total. The molecule has 0 saturated carbocycles. The monoisotopic (exact) mass is 346 g/mol. The Bertz CT molecular complexity index is 350. The van der Waals surface area contributed by atoms with Crippen LogP contribution in [0, 0.1) is 0 Å². The molecule has 0 bridgehead atoms. The smallest absolute Gasteiger partial charge is 0.270 e. The molecule has 0 aromatic carbocycles. The molecule has 138 valence electrons. The Balaban J connectivity index is 3.15. The molecule has 3 nitrogen and oxygen atoms in total. The van der Waals surface area contributed by atoms with Crippen molar-refractivity contribution < 1.29 is 12.6 Å². The van der Waals surface area contributed by atoms with Gasteiger partial charge >= 0.3 is 0 Å². The molecule has 23 heavy (non-hydrogen) atoms. The van der Waals surface area contributed by atoms with Gasteiger partial charge in [0.15, 0.2) is 0 Å². The van der Waals surface area contributed by atoms with Gasteiger partial charge in [0.2, 0.25) is 0 Å². The molecule has 0 saturated heterocycles. The van der Waals surface area contributed by atoms with E-state index in [9.17, 15) is 8.42 Å². The zero-order valence-corrected chi connectivity index (χ0v) is 16.0. The first-order valence-electron chi connectivity index (χ1n) is 9.60. The van der Waals surface area contributed by atoms with E-state index < -0.39 is 10.1 Å². The van der Waals surface area contributed by atoms with Crippen LogP contribution in [0.2, 0.25) is 0 Å². The second kappa shape index (κ2) is 16.5. The Morgan fingerprint density at radius 1 is 0.739 bits per heavy atom. The third-order valence-electron chi connectivity index (χ3n) is 4.08. The summed E-state index contributed by atoms with van der Waals surface area (Å²) in [6, 6.07) is 0. The van der Waals surface area contributed by atoms with E-state index in [2.05, 4.69) is 13.5 Å². The van der Waals surface area contributed by atoms with Gasteiger partial charge in [-0.2, -0.15) is 8.42 Å². The summed E-state index contributed by atoms with van der Waals surface area (Å²) in [5.41, 5.74) is 0. The lowest BCUT2D eigenvalue weighted by Crippen LogP contribution is -2.09. The van der Waals surface area contributed by atoms with Crippen LogP contribution in [0.3, 0.4) is 0 Å². The summed E-state index contributed by atoms with van der Waals surface area (Å²) in [7, 11) is -3.37. The largest absolute Gasteiger partial charge is 0.270 e. The van der Waals surface area contributed by atoms with Gasteiger partial charge in [-0.25, -0.2) is 0 Å². The summed E-state index contributed by atoms with van der Waals surface area (Å²) >= 11 is 0. The van der Waals surface area contributed by atoms with Crippen molar-refractivity contribution in [3.05, 3.63) is 12.7 Å². The summed E-state index contributed by atoms with van der Waals surface area (Å²) in [5.74, 6) is -0.0917. The van der Waals surface area contributed by atoms with Gasteiger partial charge in [0.05, 0.1) is 12.4 Å². The highest BCUT2D eigenvalue weighted by molar-refractivity contribution is 7.86. The van der Waals surface area contributed by atoms with Crippen molar-refractivity contribution in [2.45, 2.75) is 96.8 Å². The van der Waals surface area contributed by atoms with E-state index in [1.165, 1.54) is 83.1 Å². The van der Waals surface area contributed by atoms with Crippen LogP contribution < -0.4 is 0 Å². The molecule has 0 aliphatic carbocycles. The first kappa shape index (κ1) is 22.6. The number of hydrogen-bond donors (Lipinski definition) is 0. The van der Waals surface area contributed by atoms with E-state index >= 15 is 0 Å². The maximum absolute atomic E-state index is 11.3. The summed E-state index contributed by atoms with van der Waals surface area (Å²) in [4.78, 5) is 0. The minimum Gasteiger partial charge on any atom is -0.270 e. The molecule has 4 heteroatoms. The van der Waals surface area contributed by atoms with Crippen LogP contribution in [-0.2, 0) is 14.3 Å². The first-order valence-corrected chi connectivity index (χ1v) is 11.2. The van der Waals surface area contributed by atoms with Crippen molar-refractivity contribution in [3.63, 3.8) is 0 Å². The first-order chi connectivity index (χ1) is 11.1. The van der Waals surface area contributed by atoms with E-state index in [0.29, 0.717) is 6.61 Å². The fourth-order valence-electron chi connectivity index (χ4n) is 2.67. The van der Waals surface area contributed by atoms with Crippen molar-refractivity contribution >= 4 is 10.1 Å². The summed E-state index contributed by atoms with van der Waals surface area (Å²) in [6.45, 7) is 5.98. The van der Waals surface area contributed by atoms with Gasteiger partial charge in [0.1, 0.15) is 0 Å². The summed E-state index contributed by atoms with van der Waals surface area (Å²) in [6.07, 6.45) is 19.5. The molecule has 0 spiro atoms. The quantitative estimate of drug-likeness (QED) is 0.174. The predicted octanol–water partition coefficient (Wildman–Crippen LogP) is 6.00. The highest BCUT2D eigenvalue weighted by Crippen LogP contribution is 2.13. The minimum atomic E-state index is -3.37. The van der Waals surface area contributed by atoms with E-state index in [0.717, 1.165) is 12.8 Å². The normalized spacial score (nSPS) is 11.7. The fraction of sp³-hybridized carbons (Fsp3) is 0.895. The fourth-order valence-corrected chi connectivity index (χ4v) is 3.43. The van der Waals surface area contributed by atoms with Crippen molar-refractivity contribution in [3.8, 4) is 0 Å². The molecule has 0 rings (SSSR count). The van der Waals surface area contributed by atoms with Crippen molar-refractivity contribution in [2.75, 3.05) is 12.4 Å². The van der Waals surface area contributed by atoms with Gasteiger partial charge in [-0.3, -0.25) is 4.18 Å². The maximum Gasteiger partial charge on any atom is 0.270 e. The van der Waals surface area contributed by atoms with Gasteiger partial charge in [0, 0.05) is 0 Å².